The molecule has 5 heteroatoms. The fourth-order valence-corrected chi connectivity index (χ4v) is 2.74. The smallest absolute Gasteiger partial charge is 0.255 e. The van der Waals surface area contributed by atoms with Gasteiger partial charge in [0.2, 0.25) is 0 Å². The summed E-state index contributed by atoms with van der Waals surface area (Å²) in [6.45, 7) is 3.71. The zero-order valence-corrected chi connectivity index (χ0v) is 11.8. The van der Waals surface area contributed by atoms with Crippen molar-refractivity contribution >= 4 is 34.8 Å². The Balaban J connectivity index is 2.25. The van der Waals surface area contributed by atoms with Gasteiger partial charge in [0.25, 0.3) is 5.91 Å². The Bertz CT molecular complexity index is 476. The van der Waals surface area contributed by atoms with E-state index in [0.717, 1.165) is 19.5 Å². The molecule has 2 N–H and O–H groups in total. The van der Waals surface area contributed by atoms with E-state index < -0.39 is 0 Å². The van der Waals surface area contributed by atoms with Crippen molar-refractivity contribution in [2.45, 2.75) is 19.8 Å². The topological polar surface area (TPSA) is 46.3 Å². The number of piperidine rings is 1. The van der Waals surface area contributed by atoms with Crippen LogP contribution in [0.5, 0.6) is 0 Å². The number of nitrogens with two attached hydrogens (primary N) is 1. The summed E-state index contributed by atoms with van der Waals surface area (Å²) in [6.07, 6.45) is 2.20. The molecule has 1 fully saturated rings. The van der Waals surface area contributed by atoms with Crippen LogP contribution in [0.3, 0.4) is 0 Å². The van der Waals surface area contributed by atoms with Gasteiger partial charge in [-0.2, -0.15) is 0 Å². The summed E-state index contributed by atoms with van der Waals surface area (Å²) >= 11 is 11.9. The number of halogens is 2. The van der Waals surface area contributed by atoms with Crippen molar-refractivity contribution in [3.63, 3.8) is 0 Å². The number of anilines is 1. The van der Waals surface area contributed by atoms with Crippen LogP contribution in [-0.4, -0.2) is 23.9 Å². The van der Waals surface area contributed by atoms with Crippen molar-refractivity contribution in [1.82, 2.24) is 4.90 Å². The Hall–Kier alpha value is -0.930. The lowest BCUT2D eigenvalue weighted by Gasteiger charge is -2.31. The van der Waals surface area contributed by atoms with Gasteiger partial charge in [0.05, 0.1) is 21.3 Å². The van der Waals surface area contributed by atoms with Gasteiger partial charge in [0.15, 0.2) is 0 Å². The molecule has 0 spiro atoms. The van der Waals surface area contributed by atoms with E-state index in [1.54, 1.807) is 6.07 Å². The summed E-state index contributed by atoms with van der Waals surface area (Å²) in [7, 11) is 0. The van der Waals surface area contributed by atoms with Gasteiger partial charge >= 0.3 is 0 Å². The predicted molar refractivity (Wildman–Crippen MR) is 75.2 cm³/mol. The third-order valence-electron chi connectivity index (χ3n) is 3.26. The lowest BCUT2D eigenvalue weighted by atomic mass is 9.99. The van der Waals surface area contributed by atoms with E-state index in [2.05, 4.69) is 6.92 Å². The Morgan fingerprint density at radius 3 is 2.78 bits per heavy atom. The minimum Gasteiger partial charge on any atom is -0.398 e. The molecule has 0 aliphatic carbocycles. The molecule has 1 aliphatic rings. The van der Waals surface area contributed by atoms with Crippen LogP contribution in [-0.2, 0) is 0 Å². The highest BCUT2D eigenvalue weighted by molar-refractivity contribution is 6.38. The molecular weight excluding hydrogens is 271 g/mol. The minimum atomic E-state index is -0.0603. The van der Waals surface area contributed by atoms with Crippen molar-refractivity contribution in [2.75, 3.05) is 18.8 Å². The number of likely N-dealkylation sites (tertiary alicyclic amines) is 1. The fraction of sp³-hybridized carbons (Fsp3) is 0.462. The van der Waals surface area contributed by atoms with Gasteiger partial charge in [-0.15, -0.1) is 0 Å². The molecule has 1 aromatic rings. The van der Waals surface area contributed by atoms with E-state index in [9.17, 15) is 4.79 Å². The molecule has 1 saturated heterocycles. The average molecular weight is 287 g/mol. The van der Waals surface area contributed by atoms with Crippen molar-refractivity contribution in [2.24, 2.45) is 5.92 Å². The molecule has 0 aromatic heterocycles. The first-order valence-electron chi connectivity index (χ1n) is 6.03. The quantitative estimate of drug-likeness (QED) is 0.804. The van der Waals surface area contributed by atoms with Crippen LogP contribution in [0, 0.1) is 5.92 Å². The largest absolute Gasteiger partial charge is 0.398 e. The lowest BCUT2D eigenvalue weighted by Crippen LogP contribution is -2.39. The number of nitrogens with zero attached hydrogens (tertiary/aromatic N) is 1. The average Bonchev–Trinajstić information content (AvgIpc) is 2.33. The molecule has 0 unspecified atom stereocenters. The first-order chi connectivity index (χ1) is 8.49. The summed E-state index contributed by atoms with van der Waals surface area (Å²) in [5.41, 5.74) is 6.54. The molecule has 0 bridgehead atoms. The van der Waals surface area contributed by atoms with Crippen LogP contribution in [0.25, 0.3) is 0 Å². The van der Waals surface area contributed by atoms with Crippen LogP contribution in [0.15, 0.2) is 12.1 Å². The van der Waals surface area contributed by atoms with E-state index in [1.807, 2.05) is 4.90 Å². The molecule has 3 nitrogen and oxygen atoms in total. The zero-order chi connectivity index (χ0) is 13.3. The van der Waals surface area contributed by atoms with Crippen LogP contribution < -0.4 is 5.73 Å². The molecule has 1 atom stereocenters. The molecule has 0 saturated carbocycles. The summed E-state index contributed by atoms with van der Waals surface area (Å²) < 4.78 is 0. The summed E-state index contributed by atoms with van der Waals surface area (Å²) in [5.74, 6) is 0.473. The summed E-state index contributed by atoms with van der Waals surface area (Å²) in [4.78, 5) is 14.2. The normalized spacial score (nSPS) is 19.9. The highest BCUT2D eigenvalue weighted by atomic mass is 35.5. The number of benzene rings is 1. The highest BCUT2D eigenvalue weighted by Crippen LogP contribution is 2.29. The second-order valence-electron chi connectivity index (χ2n) is 4.85. The number of rotatable bonds is 1. The number of carbonyl (C=O) groups excluding carboxylic acids is 1. The van der Waals surface area contributed by atoms with Crippen LogP contribution in [0.1, 0.15) is 30.1 Å². The van der Waals surface area contributed by atoms with E-state index in [1.165, 1.54) is 12.5 Å². The molecule has 98 valence electrons. The molecule has 2 rings (SSSR count). The highest BCUT2D eigenvalue weighted by Gasteiger charge is 2.24. The molecule has 1 heterocycles. The van der Waals surface area contributed by atoms with Gasteiger partial charge in [-0.1, -0.05) is 30.1 Å². The van der Waals surface area contributed by atoms with Crippen molar-refractivity contribution in [3.8, 4) is 0 Å². The third kappa shape index (κ3) is 2.73. The Morgan fingerprint density at radius 1 is 1.39 bits per heavy atom. The summed E-state index contributed by atoms with van der Waals surface area (Å²) in [6, 6.07) is 3.09. The molecule has 18 heavy (non-hydrogen) atoms. The second-order valence-corrected chi connectivity index (χ2v) is 5.67. The maximum Gasteiger partial charge on any atom is 0.255 e. The molecule has 0 radical (unpaired) electrons. The van der Waals surface area contributed by atoms with E-state index >= 15 is 0 Å². The van der Waals surface area contributed by atoms with Gasteiger partial charge in [-0.05, 0) is 30.9 Å². The number of amides is 1. The monoisotopic (exact) mass is 286 g/mol. The van der Waals surface area contributed by atoms with Crippen LogP contribution in [0.2, 0.25) is 10.0 Å². The Kier molecular flexibility index (Phi) is 4.03. The zero-order valence-electron chi connectivity index (χ0n) is 10.2. The van der Waals surface area contributed by atoms with E-state index in [-0.39, 0.29) is 5.91 Å². The van der Waals surface area contributed by atoms with Gasteiger partial charge in [-0.25, -0.2) is 0 Å². The maximum atomic E-state index is 12.4. The maximum absolute atomic E-state index is 12.4. The molecule has 1 aromatic carbocycles. The standard InChI is InChI=1S/C13H16Cl2N2O/c1-8-3-2-4-17(7-8)13(18)9-5-12(16)11(15)6-10(9)14/h5-6,8H,2-4,7,16H2,1H3/t8-/m0/s1. The first kappa shape index (κ1) is 13.5. The van der Waals surface area contributed by atoms with E-state index in [0.29, 0.717) is 27.2 Å². The minimum absolute atomic E-state index is 0.0603. The number of hydrogen-bond donors (Lipinski definition) is 1. The predicted octanol–water partition coefficient (Wildman–Crippen LogP) is 3.45. The van der Waals surface area contributed by atoms with Gasteiger partial charge < -0.3 is 10.6 Å². The molecule has 1 amide bonds. The number of nitrogen functional groups attached to an aromatic ring is 1. The van der Waals surface area contributed by atoms with Crippen LogP contribution >= 0.6 is 23.2 Å². The Morgan fingerprint density at radius 2 is 2.11 bits per heavy atom. The van der Waals surface area contributed by atoms with E-state index in [4.69, 9.17) is 28.9 Å². The molecular formula is C13H16Cl2N2O. The second kappa shape index (κ2) is 5.37. The van der Waals surface area contributed by atoms with Crippen molar-refractivity contribution < 1.29 is 4.79 Å². The fourth-order valence-electron chi connectivity index (χ4n) is 2.27. The third-order valence-corrected chi connectivity index (χ3v) is 3.90. The lowest BCUT2D eigenvalue weighted by molar-refractivity contribution is 0.0683. The van der Waals surface area contributed by atoms with Gasteiger partial charge in [-0.3, -0.25) is 4.79 Å². The van der Waals surface area contributed by atoms with Crippen molar-refractivity contribution in [3.05, 3.63) is 27.7 Å². The van der Waals surface area contributed by atoms with Crippen molar-refractivity contribution in [1.29, 1.82) is 0 Å². The first-order valence-corrected chi connectivity index (χ1v) is 6.78. The van der Waals surface area contributed by atoms with Gasteiger partial charge in [0, 0.05) is 13.1 Å². The number of hydrogen-bond acceptors (Lipinski definition) is 2. The Labute approximate surface area is 117 Å². The summed E-state index contributed by atoms with van der Waals surface area (Å²) in [5, 5.41) is 0.737. The van der Waals surface area contributed by atoms with Gasteiger partial charge in [0.1, 0.15) is 0 Å². The molecule has 1 aliphatic heterocycles. The van der Waals surface area contributed by atoms with Crippen LogP contribution in [0.4, 0.5) is 5.69 Å². The SMILES string of the molecule is C[C@H]1CCCN(C(=O)c2cc(N)c(Cl)cc2Cl)C1. The number of carbonyl (C=O) groups is 1.